The maximum Gasteiger partial charge on any atom is 0.319 e. The van der Waals surface area contributed by atoms with Gasteiger partial charge in [0.2, 0.25) is 0 Å². The van der Waals surface area contributed by atoms with Crippen molar-refractivity contribution in [2.24, 2.45) is 5.92 Å². The normalized spacial score (nSPS) is 15.4. The summed E-state index contributed by atoms with van der Waals surface area (Å²) in [4.78, 5) is 15.2. The maximum absolute atomic E-state index is 13.4. The van der Waals surface area contributed by atoms with Gasteiger partial charge in [0, 0.05) is 23.2 Å². The number of hydrogen-bond donors (Lipinski definition) is 2. The molecule has 36 heavy (non-hydrogen) atoms. The van der Waals surface area contributed by atoms with Crippen molar-refractivity contribution in [2.75, 3.05) is 31.5 Å². The van der Waals surface area contributed by atoms with Gasteiger partial charge in [-0.1, -0.05) is 66.5 Å². The van der Waals surface area contributed by atoms with Gasteiger partial charge < -0.3 is 15.5 Å². The number of piperidine rings is 1. The van der Waals surface area contributed by atoms with E-state index < -0.39 is 5.82 Å². The van der Waals surface area contributed by atoms with Crippen LogP contribution in [0.3, 0.4) is 0 Å². The second-order valence-electron chi connectivity index (χ2n) is 9.38. The second-order valence-corrected chi connectivity index (χ2v) is 10.2. The standard InChI is InChI=1S/C29H32Cl2FN3O/c1-2-14-35-15-12-22(13-16-35)26(19-33-29(36)34-25-10-11-28(32)27(31)18-25)21-8-6-20(7-9-21)23-4-3-5-24(30)17-23/h3-11,17-18,22,26H,2,12-16,19H2,1H3,(H2,33,34,36). The van der Waals surface area contributed by atoms with Gasteiger partial charge in [0.1, 0.15) is 5.82 Å². The monoisotopic (exact) mass is 527 g/mol. The predicted octanol–water partition coefficient (Wildman–Crippen LogP) is 7.83. The van der Waals surface area contributed by atoms with Crippen molar-refractivity contribution in [1.29, 1.82) is 0 Å². The Bertz CT molecular complexity index is 1160. The Labute approximate surface area is 222 Å². The number of carbonyl (C=O) groups excluding carboxylic acids is 1. The van der Waals surface area contributed by atoms with Crippen LogP contribution in [0.15, 0.2) is 66.7 Å². The number of hydrogen-bond acceptors (Lipinski definition) is 2. The Kier molecular flexibility index (Phi) is 9.24. The lowest BCUT2D eigenvalue weighted by molar-refractivity contribution is 0.167. The zero-order chi connectivity index (χ0) is 25.5. The average molecular weight is 528 g/mol. The summed E-state index contributed by atoms with van der Waals surface area (Å²) in [6.45, 7) is 6.02. The summed E-state index contributed by atoms with van der Waals surface area (Å²) in [6, 6.07) is 20.2. The zero-order valence-corrected chi connectivity index (χ0v) is 22.0. The maximum atomic E-state index is 13.4. The van der Waals surface area contributed by atoms with E-state index in [0.717, 1.165) is 50.0 Å². The highest BCUT2D eigenvalue weighted by Crippen LogP contribution is 2.34. The Hall–Kier alpha value is -2.60. The van der Waals surface area contributed by atoms with E-state index in [2.05, 4.69) is 52.8 Å². The van der Waals surface area contributed by atoms with Crippen LogP contribution in [-0.4, -0.2) is 37.1 Å². The number of nitrogens with zero attached hydrogens (tertiary/aromatic N) is 1. The Morgan fingerprint density at radius 3 is 2.44 bits per heavy atom. The number of carbonyl (C=O) groups is 1. The van der Waals surface area contributed by atoms with Crippen molar-refractivity contribution in [3.8, 4) is 11.1 Å². The Balaban J connectivity index is 1.47. The number of amides is 2. The van der Waals surface area contributed by atoms with E-state index in [1.807, 2.05) is 18.2 Å². The van der Waals surface area contributed by atoms with Gasteiger partial charge in [-0.05, 0) is 91.8 Å². The third kappa shape index (κ3) is 7.00. The van der Waals surface area contributed by atoms with Gasteiger partial charge in [0.05, 0.1) is 5.02 Å². The Morgan fingerprint density at radius 1 is 1.03 bits per heavy atom. The van der Waals surface area contributed by atoms with Crippen molar-refractivity contribution in [2.45, 2.75) is 32.1 Å². The van der Waals surface area contributed by atoms with Crippen LogP contribution in [-0.2, 0) is 0 Å². The number of urea groups is 1. The van der Waals surface area contributed by atoms with Gasteiger partial charge in [-0.15, -0.1) is 0 Å². The van der Waals surface area contributed by atoms with E-state index in [1.54, 1.807) is 0 Å². The molecule has 0 aliphatic carbocycles. The summed E-state index contributed by atoms with van der Waals surface area (Å²) in [5, 5.41) is 6.48. The number of anilines is 1. The molecule has 1 fully saturated rings. The number of rotatable bonds is 8. The minimum atomic E-state index is -0.515. The van der Waals surface area contributed by atoms with Crippen LogP contribution in [0.5, 0.6) is 0 Å². The molecule has 0 saturated carbocycles. The van der Waals surface area contributed by atoms with Gasteiger partial charge in [0.25, 0.3) is 0 Å². The van der Waals surface area contributed by atoms with E-state index in [-0.39, 0.29) is 17.0 Å². The van der Waals surface area contributed by atoms with Gasteiger partial charge in [-0.3, -0.25) is 0 Å². The smallest absolute Gasteiger partial charge is 0.319 e. The molecule has 190 valence electrons. The number of halogens is 3. The molecule has 0 aromatic heterocycles. The molecule has 7 heteroatoms. The molecule has 1 aliphatic rings. The van der Waals surface area contributed by atoms with Crippen LogP contribution >= 0.6 is 23.2 Å². The van der Waals surface area contributed by atoms with Gasteiger partial charge in [-0.2, -0.15) is 0 Å². The molecular formula is C29H32Cl2FN3O. The molecule has 3 aromatic rings. The summed E-state index contributed by atoms with van der Waals surface area (Å²) in [6.07, 6.45) is 3.35. The van der Waals surface area contributed by atoms with Crippen LogP contribution in [0.25, 0.3) is 11.1 Å². The minimum Gasteiger partial charge on any atom is -0.337 e. The van der Waals surface area contributed by atoms with E-state index in [9.17, 15) is 9.18 Å². The van der Waals surface area contributed by atoms with E-state index in [4.69, 9.17) is 23.2 Å². The van der Waals surface area contributed by atoms with Crippen molar-refractivity contribution >= 4 is 34.9 Å². The van der Waals surface area contributed by atoms with Crippen molar-refractivity contribution < 1.29 is 9.18 Å². The van der Waals surface area contributed by atoms with Gasteiger partial charge in [0.15, 0.2) is 0 Å². The molecule has 0 bridgehead atoms. The summed E-state index contributed by atoms with van der Waals surface area (Å²) in [5.74, 6) is 0.138. The summed E-state index contributed by atoms with van der Waals surface area (Å²) in [5.41, 5.74) is 3.85. The van der Waals surface area contributed by atoms with E-state index in [0.29, 0.717) is 23.2 Å². The van der Waals surface area contributed by atoms with Crippen LogP contribution in [0, 0.1) is 11.7 Å². The van der Waals surface area contributed by atoms with Crippen LogP contribution in [0.2, 0.25) is 10.0 Å². The lowest BCUT2D eigenvalue weighted by Gasteiger charge is -2.36. The van der Waals surface area contributed by atoms with Gasteiger partial charge in [-0.25, -0.2) is 9.18 Å². The molecule has 1 saturated heterocycles. The highest BCUT2D eigenvalue weighted by Gasteiger charge is 2.28. The average Bonchev–Trinajstić information content (AvgIpc) is 2.88. The van der Waals surface area contributed by atoms with E-state index in [1.165, 1.54) is 23.8 Å². The lowest BCUT2D eigenvalue weighted by atomic mass is 9.79. The molecule has 1 heterocycles. The minimum absolute atomic E-state index is 0.0238. The number of likely N-dealkylation sites (tertiary alicyclic amines) is 1. The zero-order valence-electron chi connectivity index (χ0n) is 20.4. The Morgan fingerprint density at radius 2 is 1.78 bits per heavy atom. The molecular weight excluding hydrogens is 496 g/mol. The number of benzene rings is 3. The second kappa shape index (κ2) is 12.6. The van der Waals surface area contributed by atoms with Crippen molar-refractivity contribution in [3.05, 3.63) is 88.2 Å². The first-order valence-corrected chi connectivity index (χ1v) is 13.3. The molecule has 0 spiro atoms. The molecule has 2 N–H and O–H groups in total. The largest absolute Gasteiger partial charge is 0.337 e. The lowest BCUT2D eigenvalue weighted by Crippen LogP contribution is -2.40. The summed E-state index contributed by atoms with van der Waals surface area (Å²) in [7, 11) is 0. The fourth-order valence-corrected chi connectivity index (χ4v) is 5.37. The topological polar surface area (TPSA) is 44.4 Å². The first kappa shape index (κ1) is 26.5. The molecule has 0 radical (unpaired) electrons. The van der Waals surface area contributed by atoms with Crippen molar-refractivity contribution in [1.82, 2.24) is 10.2 Å². The van der Waals surface area contributed by atoms with Crippen LogP contribution in [0.4, 0.5) is 14.9 Å². The van der Waals surface area contributed by atoms with Gasteiger partial charge >= 0.3 is 6.03 Å². The fraction of sp³-hybridized carbons (Fsp3) is 0.345. The molecule has 1 unspecified atom stereocenters. The molecule has 1 aliphatic heterocycles. The molecule has 2 amide bonds. The number of nitrogens with one attached hydrogen (secondary N) is 2. The van der Waals surface area contributed by atoms with Crippen molar-refractivity contribution in [3.63, 3.8) is 0 Å². The molecule has 1 atom stereocenters. The molecule has 4 rings (SSSR count). The highest BCUT2D eigenvalue weighted by atomic mass is 35.5. The SMILES string of the molecule is CCCN1CCC(C(CNC(=O)Nc2ccc(F)c(Cl)c2)c2ccc(-c3cccc(Cl)c3)cc2)CC1. The summed E-state index contributed by atoms with van der Waals surface area (Å²) >= 11 is 12.0. The molecule has 3 aromatic carbocycles. The third-order valence-corrected chi connectivity index (χ3v) is 7.42. The highest BCUT2D eigenvalue weighted by molar-refractivity contribution is 6.31. The summed E-state index contributed by atoms with van der Waals surface area (Å²) < 4.78 is 13.4. The molecule has 4 nitrogen and oxygen atoms in total. The first-order valence-electron chi connectivity index (χ1n) is 12.5. The first-order chi connectivity index (χ1) is 17.4. The van der Waals surface area contributed by atoms with Crippen LogP contribution < -0.4 is 10.6 Å². The predicted molar refractivity (Wildman–Crippen MR) is 148 cm³/mol. The van der Waals surface area contributed by atoms with E-state index >= 15 is 0 Å². The van der Waals surface area contributed by atoms with Crippen LogP contribution in [0.1, 0.15) is 37.7 Å². The third-order valence-electron chi connectivity index (χ3n) is 6.90. The fourth-order valence-electron chi connectivity index (χ4n) is 4.99. The quantitative estimate of drug-likeness (QED) is 0.313.